The van der Waals surface area contributed by atoms with E-state index in [1.165, 1.54) is 0 Å². The van der Waals surface area contributed by atoms with E-state index in [1.54, 1.807) is 0 Å². The molecule has 4 aromatic rings. The summed E-state index contributed by atoms with van der Waals surface area (Å²) in [5.74, 6) is 1.07. The minimum absolute atomic E-state index is 0.0279. The van der Waals surface area contributed by atoms with Crippen LogP contribution in [-0.2, 0) is 4.79 Å². The smallest absolute Gasteiger partial charge is 0.298 e. The molecule has 5 rings (SSSR count). The van der Waals surface area contributed by atoms with Crippen molar-refractivity contribution in [3.05, 3.63) is 66.7 Å². The molecule has 6 heteroatoms. The lowest BCUT2D eigenvalue weighted by molar-refractivity contribution is -0.123. The van der Waals surface area contributed by atoms with Gasteiger partial charge in [0.1, 0.15) is 11.3 Å². The summed E-state index contributed by atoms with van der Waals surface area (Å²) in [6.45, 7) is 2.45. The number of anilines is 1. The van der Waals surface area contributed by atoms with Crippen LogP contribution in [0.15, 0.2) is 71.1 Å². The van der Waals surface area contributed by atoms with E-state index >= 15 is 0 Å². The van der Waals surface area contributed by atoms with Gasteiger partial charge >= 0.3 is 0 Å². The van der Waals surface area contributed by atoms with E-state index in [0.717, 1.165) is 47.8 Å². The van der Waals surface area contributed by atoms with Crippen molar-refractivity contribution in [2.75, 3.05) is 31.1 Å². The summed E-state index contributed by atoms with van der Waals surface area (Å²) in [5.41, 5.74) is 1.71. The number of rotatable bonds is 6. The lowest BCUT2D eigenvalue weighted by Crippen LogP contribution is -2.39. The van der Waals surface area contributed by atoms with Crippen molar-refractivity contribution >= 4 is 33.8 Å². The van der Waals surface area contributed by atoms with E-state index in [-0.39, 0.29) is 12.5 Å². The van der Waals surface area contributed by atoms with Gasteiger partial charge < -0.3 is 19.4 Å². The maximum Gasteiger partial charge on any atom is 0.298 e. The third kappa shape index (κ3) is 4.48. The van der Waals surface area contributed by atoms with Gasteiger partial charge in [-0.3, -0.25) is 4.79 Å². The predicted molar refractivity (Wildman–Crippen MR) is 121 cm³/mol. The zero-order chi connectivity index (χ0) is 21.0. The molecule has 1 N–H and O–H groups in total. The number of carbonyl (C=O) groups is 1. The van der Waals surface area contributed by atoms with Crippen LogP contribution in [-0.4, -0.2) is 37.1 Å². The highest BCUT2D eigenvalue weighted by Gasteiger charge is 2.23. The van der Waals surface area contributed by atoms with Crippen LogP contribution in [0.4, 0.5) is 6.01 Å². The van der Waals surface area contributed by atoms with Crippen LogP contribution in [0.1, 0.15) is 12.8 Å². The SMILES string of the molecule is O=C(COc1ccc2ccccc2c1)NCC1CCN(c2nc3ccccc3o2)CC1. The highest BCUT2D eigenvalue weighted by molar-refractivity contribution is 5.84. The zero-order valence-electron chi connectivity index (χ0n) is 17.3. The fourth-order valence-corrected chi connectivity index (χ4v) is 4.04. The standard InChI is InChI=1S/C25H25N3O3/c29-24(17-30-21-10-9-19-5-1-2-6-20(19)15-21)26-16-18-11-13-28(14-12-18)25-27-22-7-3-4-8-23(22)31-25/h1-10,15,18H,11-14,16-17H2,(H,26,29). The van der Waals surface area contributed by atoms with Gasteiger partial charge in [-0.2, -0.15) is 4.98 Å². The molecule has 0 radical (unpaired) electrons. The van der Waals surface area contributed by atoms with Crippen LogP contribution in [0.25, 0.3) is 21.9 Å². The van der Waals surface area contributed by atoms with Crippen LogP contribution in [0.3, 0.4) is 0 Å². The second kappa shape index (κ2) is 8.68. The summed E-state index contributed by atoms with van der Waals surface area (Å²) in [5, 5.41) is 5.27. The molecule has 2 heterocycles. The van der Waals surface area contributed by atoms with E-state index in [0.29, 0.717) is 24.2 Å². The Labute approximate surface area is 180 Å². The van der Waals surface area contributed by atoms with E-state index in [4.69, 9.17) is 9.15 Å². The fraction of sp³-hybridized carbons (Fsp3) is 0.280. The van der Waals surface area contributed by atoms with Crippen molar-refractivity contribution in [3.8, 4) is 5.75 Å². The van der Waals surface area contributed by atoms with Crippen LogP contribution in [0.5, 0.6) is 5.75 Å². The molecular weight excluding hydrogens is 390 g/mol. The number of hydrogen-bond acceptors (Lipinski definition) is 5. The maximum atomic E-state index is 12.2. The van der Waals surface area contributed by atoms with E-state index in [1.807, 2.05) is 60.7 Å². The van der Waals surface area contributed by atoms with Gasteiger partial charge in [0.25, 0.3) is 11.9 Å². The van der Waals surface area contributed by atoms with Crippen molar-refractivity contribution in [2.45, 2.75) is 12.8 Å². The molecule has 0 saturated carbocycles. The zero-order valence-corrected chi connectivity index (χ0v) is 17.3. The van der Waals surface area contributed by atoms with Gasteiger partial charge in [-0.05, 0) is 53.8 Å². The quantitative estimate of drug-likeness (QED) is 0.506. The summed E-state index contributed by atoms with van der Waals surface area (Å²) < 4.78 is 11.5. The van der Waals surface area contributed by atoms with Crippen LogP contribution < -0.4 is 15.0 Å². The molecule has 1 fully saturated rings. The number of ether oxygens (including phenoxy) is 1. The molecule has 0 atom stereocenters. The van der Waals surface area contributed by atoms with Gasteiger partial charge in [-0.1, -0.05) is 42.5 Å². The molecule has 158 valence electrons. The maximum absolute atomic E-state index is 12.2. The van der Waals surface area contributed by atoms with Gasteiger partial charge in [0, 0.05) is 19.6 Å². The molecule has 0 bridgehead atoms. The summed E-state index contributed by atoms with van der Waals surface area (Å²) in [6.07, 6.45) is 1.98. The number of para-hydroxylation sites is 2. The van der Waals surface area contributed by atoms with Crippen LogP contribution in [0, 0.1) is 5.92 Å². The Hall–Kier alpha value is -3.54. The van der Waals surface area contributed by atoms with E-state index < -0.39 is 0 Å². The second-order valence-corrected chi connectivity index (χ2v) is 8.00. The number of hydrogen-bond donors (Lipinski definition) is 1. The third-order valence-electron chi connectivity index (χ3n) is 5.85. The molecule has 31 heavy (non-hydrogen) atoms. The molecule has 0 unspecified atom stereocenters. The number of benzene rings is 3. The van der Waals surface area contributed by atoms with Gasteiger partial charge in [0.05, 0.1) is 0 Å². The van der Waals surface area contributed by atoms with Gasteiger partial charge in [0.15, 0.2) is 12.2 Å². The Balaban J connectivity index is 1.07. The first-order valence-corrected chi connectivity index (χ1v) is 10.7. The molecular formula is C25H25N3O3. The number of piperidine rings is 1. The van der Waals surface area contributed by atoms with Crippen molar-refractivity contribution < 1.29 is 13.9 Å². The first-order valence-electron chi connectivity index (χ1n) is 10.7. The number of nitrogens with one attached hydrogen (secondary N) is 1. The van der Waals surface area contributed by atoms with Gasteiger partial charge in [-0.25, -0.2) is 0 Å². The molecule has 1 saturated heterocycles. The lowest BCUT2D eigenvalue weighted by Gasteiger charge is -2.30. The molecule has 1 aliphatic heterocycles. The van der Waals surface area contributed by atoms with Crippen LogP contribution >= 0.6 is 0 Å². The third-order valence-corrected chi connectivity index (χ3v) is 5.85. The Kier molecular flexibility index (Phi) is 5.44. The molecule has 1 aliphatic rings. The monoisotopic (exact) mass is 415 g/mol. The fourth-order valence-electron chi connectivity index (χ4n) is 4.04. The molecule has 0 spiro atoms. The van der Waals surface area contributed by atoms with Gasteiger partial charge in [0.2, 0.25) is 0 Å². The Morgan fingerprint density at radius 3 is 2.65 bits per heavy atom. The lowest BCUT2D eigenvalue weighted by atomic mass is 9.97. The number of nitrogens with zero attached hydrogens (tertiary/aromatic N) is 2. The first-order chi connectivity index (χ1) is 15.2. The van der Waals surface area contributed by atoms with E-state index in [2.05, 4.69) is 21.3 Å². The predicted octanol–water partition coefficient (Wildman–Crippen LogP) is 4.39. The normalized spacial score (nSPS) is 14.8. The number of oxazole rings is 1. The topological polar surface area (TPSA) is 67.6 Å². The first kappa shape index (κ1) is 19.4. The van der Waals surface area contributed by atoms with Crippen molar-refractivity contribution in [2.24, 2.45) is 5.92 Å². The molecule has 0 aliphatic carbocycles. The summed E-state index contributed by atoms with van der Waals surface area (Å²) >= 11 is 0. The van der Waals surface area contributed by atoms with Crippen molar-refractivity contribution in [1.82, 2.24) is 10.3 Å². The number of carbonyl (C=O) groups excluding carboxylic acids is 1. The average Bonchev–Trinajstić information content (AvgIpc) is 3.26. The Bertz CT molecular complexity index is 1160. The second-order valence-electron chi connectivity index (χ2n) is 8.00. The largest absolute Gasteiger partial charge is 0.484 e. The molecule has 1 aromatic heterocycles. The minimum atomic E-state index is -0.0884. The number of aromatic nitrogens is 1. The van der Waals surface area contributed by atoms with Crippen molar-refractivity contribution in [1.29, 1.82) is 0 Å². The van der Waals surface area contributed by atoms with E-state index in [9.17, 15) is 4.79 Å². The number of amides is 1. The minimum Gasteiger partial charge on any atom is -0.484 e. The summed E-state index contributed by atoms with van der Waals surface area (Å²) in [7, 11) is 0. The van der Waals surface area contributed by atoms with Crippen LogP contribution in [0.2, 0.25) is 0 Å². The highest BCUT2D eigenvalue weighted by atomic mass is 16.5. The molecule has 6 nitrogen and oxygen atoms in total. The molecule has 3 aromatic carbocycles. The average molecular weight is 415 g/mol. The van der Waals surface area contributed by atoms with Crippen molar-refractivity contribution in [3.63, 3.8) is 0 Å². The highest BCUT2D eigenvalue weighted by Crippen LogP contribution is 2.26. The summed E-state index contributed by atoms with van der Waals surface area (Å²) in [6, 6.07) is 22.5. The Morgan fingerprint density at radius 2 is 1.81 bits per heavy atom. The number of fused-ring (bicyclic) bond motifs is 2. The molecule has 1 amide bonds. The summed E-state index contributed by atoms with van der Waals surface area (Å²) in [4.78, 5) is 19.0. The van der Waals surface area contributed by atoms with Gasteiger partial charge in [-0.15, -0.1) is 0 Å². The Morgan fingerprint density at radius 1 is 1.03 bits per heavy atom.